The van der Waals surface area contributed by atoms with Crippen molar-refractivity contribution in [1.82, 2.24) is 9.80 Å². The lowest BCUT2D eigenvalue weighted by atomic mass is 9.89. The van der Waals surface area contributed by atoms with Crippen LogP contribution in [0.4, 0.5) is 8.78 Å². The summed E-state index contributed by atoms with van der Waals surface area (Å²) in [6, 6.07) is 17.2. The van der Waals surface area contributed by atoms with Gasteiger partial charge in [0.05, 0.1) is 6.04 Å². The molecule has 0 bridgehead atoms. The summed E-state index contributed by atoms with van der Waals surface area (Å²) in [4.78, 5) is 16.5. The van der Waals surface area contributed by atoms with E-state index in [1.807, 2.05) is 29.2 Å². The van der Waals surface area contributed by atoms with Crippen LogP contribution >= 0.6 is 0 Å². The van der Waals surface area contributed by atoms with Crippen molar-refractivity contribution >= 4 is 5.91 Å². The molecule has 3 atom stereocenters. The zero-order valence-corrected chi connectivity index (χ0v) is 15.8. The Morgan fingerprint density at radius 2 is 1.89 bits per heavy atom. The molecule has 0 spiro atoms. The molecule has 0 aliphatic carbocycles. The lowest BCUT2D eigenvalue weighted by Gasteiger charge is -2.29. The van der Waals surface area contributed by atoms with E-state index in [2.05, 4.69) is 21.8 Å². The molecule has 28 heavy (non-hydrogen) atoms. The van der Waals surface area contributed by atoms with E-state index in [-0.39, 0.29) is 17.7 Å². The van der Waals surface area contributed by atoms with Crippen molar-refractivity contribution in [2.45, 2.75) is 26.1 Å². The number of hydrogen-bond donors (Lipinski definition) is 0. The fourth-order valence-corrected chi connectivity index (χ4v) is 4.75. The van der Waals surface area contributed by atoms with Crippen molar-refractivity contribution < 1.29 is 18.3 Å². The second kappa shape index (κ2) is 7.87. The number of ether oxygens (including phenoxy) is 1. The maximum absolute atomic E-state index is 12.5. The van der Waals surface area contributed by atoms with Crippen LogP contribution in [0.1, 0.15) is 24.1 Å². The largest absolute Gasteiger partial charge is 0.435 e. The maximum Gasteiger partial charge on any atom is 0.387 e. The van der Waals surface area contributed by atoms with Gasteiger partial charge in [-0.2, -0.15) is 8.78 Å². The van der Waals surface area contributed by atoms with Crippen molar-refractivity contribution in [2.75, 3.05) is 19.6 Å². The smallest absolute Gasteiger partial charge is 0.387 e. The number of nitrogens with zero attached hydrogens (tertiary/aromatic N) is 2. The van der Waals surface area contributed by atoms with Crippen LogP contribution in [0.2, 0.25) is 0 Å². The molecular weight excluding hydrogens is 362 g/mol. The fraction of sp³-hybridized carbons (Fsp3) is 0.409. The van der Waals surface area contributed by atoms with Crippen LogP contribution < -0.4 is 4.74 Å². The number of amides is 1. The number of carbonyl (C=O) groups is 1. The first-order chi connectivity index (χ1) is 13.5. The average molecular weight is 386 g/mol. The zero-order chi connectivity index (χ0) is 19.7. The van der Waals surface area contributed by atoms with E-state index in [1.165, 1.54) is 5.56 Å². The summed E-state index contributed by atoms with van der Waals surface area (Å²) in [5.74, 6) is 1.12. The van der Waals surface area contributed by atoms with Gasteiger partial charge in [0.25, 0.3) is 0 Å². The number of halogens is 2. The van der Waals surface area contributed by atoms with Gasteiger partial charge in [-0.1, -0.05) is 42.5 Å². The third-order valence-electron chi connectivity index (χ3n) is 5.82. The standard InChI is InChI=1S/C22H24F2N2O2/c1-15(27)26-13-18-12-25(11-16-6-5-9-19(10-16)28-22(23)24)14-20(18)21(26)17-7-3-2-4-8-17/h2-10,18,20-22H,11-14H2,1H3/t18-,20-,21+/m1/s1. The second-order valence-electron chi connectivity index (χ2n) is 7.67. The van der Waals surface area contributed by atoms with Gasteiger partial charge >= 0.3 is 6.61 Å². The van der Waals surface area contributed by atoms with Crippen LogP contribution in [-0.2, 0) is 11.3 Å². The maximum atomic E-state index is 12.5. The highest BCUT2D eigenvalue weighted by Crippen LogP contribution is 2.45. The molecule has 0 N–H and O–H groups in total. The number of carbonyl (C=O) groups excluding carboxylic acids is 1. The SMILES string of the molecule is CC(=O)N1C[C@H]2CN(Cc3cccc(OC(F)F)c3)C[C@H]2[C@@H]1c1ccccc1. The Kier molecular flexibility index (Phi) is 5.31. The fourth-order valence-electron chi connectivity index (χ4n) is 4.75. The van der Waals surface area contributed by atoms with Gasteiger partial charge in [-0.25, -0.2) is 0 Å². The molecule has 0 saturated carbocycles. The van der Waals surface area contributed by atoms with Gasteiger partial charge in [-0.05, 0) is 29.2 Å². The van der Waals surface area contributed by atoms with Gasteiger partial charge in [0.15, 0.2) is 0 Å². The number of benzene rings is 2. The monoisotopic (exact) mass is 386 g/mol. The molecular formula is C22H24F2N2O2. The Morgan fingerprint density at radius 1 is 1.11 bits per heavy atom. The molecule has 148 valence electrons. The van der Waals surface area contributed by atoms with Crippen molar-refractivity contribution in [1.29, 1.82) is 0 Å². The molecule has 2 aromatic rings. The van der Waals surface area contributed by atoms with Crippen molar-refractivity contribution in [3.63, 3.8) is 0 Å². The van der Waals surface area contributed by atoms with E-state index in [9.17, 15) is 13.6 Å². The van der Waals surface area contributed by atoms with E-state index in [0.29, 0.717) is 18.4 Å². The van der Waals surface area contributed by atoms with Crippen LogP contribution in [0.3, 0.4) is 0 Å². The molecule has 4 rings (SSSR count). The van der Waals surface area contributed by atoms with Gasteiger partial charge in [0.1, 0.15) is 5.75 Å². The van der Waals surface area contributed by atoms with E-state index in [1.54, 1.807) is 25.1 Å². The first-order valence-corrected chi connectivity index (χ1v) is 9.59. The van der Waals surface area contributed by atoms with Crippen LogP contribution in [0, 0.1) is 11.8 Å². The molecule has 0 radical (unpaired) electrons. The average Bonchev–Trinajstić information content (AvgIpc) is 3.19. The summed E-state index contributed by atoms with van der Waals surface area (Å²) in [6.07, 6.45) is 0. The number of likely N-dealkylation sites (tertiary alicyclic amines) is 2. The lowest BCUT2D eigenvalue weighted by molar-refractivity contribution is -0.130. The third kappa shape index (κ3) is 3.87. The first-order valence-electron chi connectivity index (χ1n) is 9.59. The lowest BCUT2D eigenvalue weighted by Crippen LogP contribution is -2.34. The molecule has 0 aromatic heterocycles. The Bertz CT molecular complexity index is 830. The number of fused-ring (bicyclic) bond motifs is 1. The Hall–Kier alpha value is -2.47. The molecule has 2 aromatic carbocycles. The molecule has 2 aliphatic heterocycles. The molecule has 0 unspecified atom stereocenters. The molecule has 2 fully saturated rings. The first kappa shape index (κ1) is 18.9. The third-order valence-corrected chi connectivity index (χ3v) is 5.82. The quantitative estimate of drug-likeness (QED) is 0.780. The van der Waals surface area contributed by atoms with E-state index in [0.717, 1.165) is 25.2 Å². The van der Waals surface area contributed by atoms with Gasteiger partial charge in [0, 0.05) is 39.0 Å². The minimum absolute atomic E-state index is 0.0993. The van der Waals surface area contributed by atoms with Gasteiger partial charge in [-0.3, -0.25) is 9.69 Å². The van der Waals surface area contributed by atoms with Crippen molar-refractivity contribution in [3.8, 4) is 5.75 Å². The van der Waals surface area contributed by atoms with Gasteiger partial charge < -0.3 is 9.64 Å². The topological polar surface area (TPSA) is 32.8 Å². The summed E-state index contributed by atoms with van der Waals surface area (Å²) >= 11 is 0. The predicted molar refractivity (Wildman–Crippen MR) is 102 cm³/mol. The molecule has 4 nitrogen and oxygen atoms in total. The van der Waals surface area contributed by atoms with E-state index < -0.39 is 6.61 Å². The van der Waals surface area contributed by atoms with Crippen LogP contribution in [0.15, 0.2) is 54.6 Å². The summed E-state index contributed by atoms with van der Waals surface area (Å²) < 4.78 is 29.4. The molecule has 1 amide bonds. The predicted octanol–water partition coefficient (Wildman–Crippen LogP) is 3.94. The highest BCUT2D eigenvalue weighted by Gasteiger charge is 2.48. The summed E-state index contributed by atoms with van der Waals surface area (Å²) in [5, 5.41) is 0. The Morgan fingerprint density at radius 3 is 2.61 bits per heavy atom. The van der Waals surface area contributed by atoms with Gasteiger partial charge in [0.2, 0.25) is 5.91 Å². The second-order valence-corrected chi connectivity index (χ2v) is 7.67. The Labute approximate surface area is 163 Å². The van der Waals surface area contributed by atoms with Crippen LogP contribution in [-0.4, -0.2) is 42.0 Å². The zero-order valence-electron chi connectivity index (χ0n) is 15.8. The normalized spacial score (nSPS) is 24.6. The highest BCUT2D eigenvalue weighted by atomic mass is 19.3. The summed E-state index contributed by atoms with van der Waals surface area (Å²) in [7, 11) is 0. The summed E-state index contributed by atoms with van der Waals surface area (Å²) in [5.41, 5.74) is 2.14. The summed E-state index contributed by atoms with van der Waals surface area (Å²) in [6.45, 7) is 2.07. The van der Waals surface area contributed by atoms with Crippen molar-refractivity contribution in [2.24, 2.45) is 11.8 Å². The van der Waals surface area contributed by atoms with E-state index >= 15 is 0 Å². The molecule has 2 heterocycles. The highest BCUT2D eigenvalue weighted by molar-refractivity contribution is 5.74. The van der Waals surface area contributed by atoms with Crippen LogP contribution in [0.5, 0.6) is 5.75 Å². The molecule has 2 saturated heterocycles. The number of hydrogen-bond acceptors (Lipinski definition) is 3. The number of rotatable bonds is 5. The molecule has 2 aliphatic rings. The number of alkyl halides is 2. The minimum Gasteiger partial charge on any atom is -0.435 e. The Balaban J connectivity index is 1.48. The van der Waals surface area contributed by atoms with E-state index in [4.69, 9.17) is 0 Å². The van der Waals surface area contributed by atoms with Gasteiger partial charge in [-0.15, -0.1) is 0 Å². The molecule has 6 heteroatoms. The minimum atomic E-state index is -2.81. The van der Waals surface area contributed by atoms with Crippen LogP contribution in [0.25, 0.3) is 0 Å². The van der Waals surface area contributed by atoms with Crippen molar-refractivity contribution in [3.05, 3.63) is 65.7 Å².